The van der Waals surface area contributed by atoms with Crippen molar-refractivity contribution in [2.45, 2.75) is 13.3 Å². The van der Waals surface area contributed by atoms with Gasteiger partial charge >= 0.3 is 6.36 Å². The molecule has 1 aromatic heterocycles. The van der Waals surface area contributed by atoms with E-state index in [2.05, 4.69) is 25.7 Å². The Hall–Kier alpha value is -2.27. The van der Waals surface area contributed by atoms with Crippen LogP contribution in [0.2, 0.25) is 0 Å². The molecule has 0 aliphatic carbocycles. The maximum absolute atomic E-state index is 12.5. The van der Waals surface area contributed by atoms with E-state index in [9.17, 15) is 18.0 Å². The Morgan fingerprint density at radius 2 is 2.05 bits per heavy atom. The van der Waals surface area contributed by atoms with Gasteiger partial charge in [-0.05, 0) is 25.1 Å². The average molecular weight is 373 g/mol. The Bertz CT molecular complexity index is 822. The van der Waals surface area contributed by atoms with Crippen molar-refractivity contribution in [1.82, 2.24) is 4.98 Å². The molecule has 0 unspecified atom stereocenters. The van der Waals surface area contributed by atoms with Crippen molar-refractivity contribution in [3.8, 4) is 22.9 Å². The van der Waals surface area contributed by atoms with Crippen molar-refractivity contribution in [3.63, 3.8) is 0 Å². The topological polar surface area (TPSA) is 65.9 Å². The summed E-state index contributed by atoms with van der Waals surface area (Å²) in [5.41, 5.74) is -0.496. The number of aromatic amines is 1. The van der Waals surface area contributed by atoms with Crippen LogP contribution in [0.4, 0.5) is 13.2 Å². The van der Waals surface area contributed by atoms with E-state index in [4.69, 9.17) is 5.26 Å². The van der Waals surface area contributed by atoms with Crippen LogP contribution < -0.4 is 10.3 Å². The molecule has 114 valence electrons. The number of nitrogens with zero attached hydrogens (tertiary/aromatic N) is 1. The van der Waals surface area contributed by atoms with Gasteiger partial charge in [-0.1, -0.05) is 22.0 Å². The summed E-state index contributed by atoms with van der Waals surface area (Å²) < 4.78 is 41.9. The van der Waals surface area contributed by atoms with E-state index < -0.39 is 17.7 Å². The number of nitrogens with one attached hydrogen (secondary N) is 1. The quantitative estimate of drug-likeness (QED) is 0.869. The lowest BCUT2D eigenvalue weighted by atomic mass is 10.00. The number of halogens is 4. The van der Waals surface area contributed by atoms with Gasteiger partial charge in [-0.25, -0.2) is 0 Å². The zero-order chi connectivity index (χ0) is 16.5. The van der Waals surface area contributed by atoms with Crippen molar-refractivity contribution >= 4 is 15.9 Å². The van der Waals surface area contributed by atoms with Crippen LogP contribution in [0.15, 0.2) is 33.5 Å². The van der Waals surface area contributed by atoms with Crippen LogP contribution in [0, 0.1) is 18.3 Å². The van der Waals surface area contributed by atoms with E-state index in [0.29, 0.717) is 5.69 Å². The van der Waals surface area contributed by atoms with Crippen LogP contribution in [0.1, 0.15) is 11.3 Å². The Labute approximate surface area is 131 Å². The van der Waals surface area contributed by atoms with Gasteiger partial charge in [0.15, 0.2) is 0 Å². The zero-order valence-electron chi connectivity index (χ0n) is 11.1. The highest BCUT2D eigenvalue weighted by atomic mass is 79.9. The fourth-order valence-electron chi connectivity index (χ4n) is 1.97. The fraction of sp³-hybridized carbons (Fsp3) is 0.143. The Balaban J connectivity index is 2.79. The molecule has 0 saturated carbocycles. The number of hydrogen-bond acceptors (Lipinski definition) is 3. The highest BCUT2D eigenvalue weighted by Gasteiger charge is 2.33. The molecule has 2 rings (SSSR count). The van der Waals surface area contributed by atoms with Crippen LogP contribution in [0.25, 0.3) is 11.1 Å². The molecular formula is C14H8BrF3N2O2. The second-order valence-electron chi connectivity index (χ2n) is 4.34. The van der Waals surface area contributed by atoms with Gasteiger partial charge in [-0.3, -0.25) is 4.79 Å². The third-order valence-electron chi connectivity index (χ3n) is 2.75. The molecule has 8 heteroatoms. The highest BCUT2D eigenvalue weighted by Crippen LogP contribution is 2.39. The van der Waals surface area contributed by atoms with Gasteiger partial charge in [-0.2, -0.15) is 5.26 Å². The summed E-state index contributed by atoms with van der Waals surface area (Å²) in [5, 5.41) is 9.12. The maximum atomic E-state index is 12.5. The number of H-pyrrole nitrogens is 1. The molecule has 0 atom stereocenters. The van der Waals surface area contributed by atoms with Gasteiger partial charge in [-0.15, -0.1) is 13.2 Å². The van der Waals surface area contributed by atoms with E-state index in [1.54, 1.807) is 13.0 Å². The molecular weight excluding hydrogens is 365 g/mol. The van der Waals surface area contributed by atoms with Crippen molar-refractivity contribution in [2.75, 3.05) is 0 Å². The third-order valence-corrected chi connectivity index (χ3v) is 3.41. The van der Waals surface area contributed by atoms with Gasteiger partial charge in [0.05, 0.1) is 0 Å². The number of aryl methyl sites for hydroxylation is 1. The van der Waals surface area contributed by atoms with E-state index in [0.717, 1.165) is 6.07 Å². The first-order valence-electron chi connectivity index (χ1n) is 5.91. The molecule has 0 saturated heterocycles. The number of ether oxygens (including phenoxy) is 1. The number of alkyl halides is 3. The first kappa shape index (κ1) is 16.1. The Morgan fingerprint density at radius 1 is 1.36 bits per heavy atom. The summed E-state index contributed by atoms with van der Waals surface area (Å²) in [4.78, 5) is 14.2. The first-order chi connectivity index (χ1) is 10.2. The summed E-state index contributed by atoms with van der Waals surface area (Å²) in [6.07, 6.45) is -4.89. The molecule has 0 bridgehead atoms. The van der Waals surface area contributed by atoms with Gasteiger partial charge < -0.3 is 9.72 Å². The number of pyridine rings is 1. The van der Waals surface area contributed by atoms with Crippen LogP contribution in [0.3, 0.4) is 0 Å². The largest absolute Gasteiger partial charge is 0.573 e. The summed E-state index contributed by atoms with van der Waals surface area (Å²) in [7, 11) is 0. The smallest absolute Gasteiger partial charge is 0.405 e. The molecule has 2 aromatic rings. The standard InChI is InChI=1S/C14H8BrF3N2O2/c1-7-5-8(9(6-19)13(21)20-7)12-10(15)3-2-4-11(12)22-14(16,17)18/h2-5H,1H3,(H,20,21). The molecule has 22 heavy (non-hydrogen) atoms. The van der Waals surface area contributed by atoms with E-state index >= 15 is 0 Å². The van der Waals surface area contributed by atoms with E-state index in [-0.39, 0.29) is 21.2 Å². The third kappa shape index (κ3) is 3.31. The predicted octanol–water partition coefficient (Wildman–Crippen LogP) is 3.88. The molecule has 0 fully saturated rings. The highest BCUT2D eigenvalue weighted by molar-refractivity contribution is 9.10. The van der Waals surface area contributed by atoms with Crippen molar-refractivity contribution < 1.29 is 17.9 Å². The minimum atomic E-state index is -4.89. The SMILES string of the molecule is Cc1cc(-c2c(Br)cccc2OC(F)(F)F)c(C#N)c(=O)[nH]1. The molecule has 1 heterocycles. The summed E-state index contributed by atoms with van der Waals surface area (Å²) in [6.45, 7) is 1.56. The lowest BCUT2D eigenvalue weighted by Crippen LogP contribution is -2.18. The van der Waals surface area contributed by atoms with E-state index in [1.165, 1.54) is 18.2 Å². The fourth-order valence-corrected chi connectivity index (χ4v) is 2.53. The van der Waals surface area contributed by atoms with Gasteiger partial charge in [0.2, 0.25) is 0 Å². The molecule has 0 amide bonds. The molecule has 0 spiro atoms. The van der Waals surface area contributed by atoms with Gasteiger partial charge in [0.1, 0.15) is 17.4 Å². The van der Waals surface area contributed by atoms with Crippen LogP contribution >= 0.6 is 15.9 Å². The number of benzene rings is 1. The van der Waals surface area contributed by atoms with Crippen LogP contribution in [-0.4, -0.2) is 11.3 Å². The average Bonchev–Trinajstić information content (AvgIpc) is 2.36. The second-order valence-corrected chi connectivity index (χ2v) is 5.20. The number of aromatic nitrogens is 1. The van der Waals surface area contributed by atoms with Crippen LogP contribution in [-0.2, 0) is 0 Å². The maximum Gasteiger partial charge on any atom is 0.573 e. The van der Waals surface area contributed by atoms with E-state index in [1.807, 2.05) is 0 Å². The van der Waals surface area contributed by atoms with Gasteiger partial charge in [0.25, 0.3) is 5.56 Å². The minimum Gasteiger partial charge on any atom is -0.405 e. The number of nitriles is 1. The van der Waals surface area contributed by atoms with Crippen LogP contribution in [0.5, 0.6) is 5.75 Å². The predicted molar refractivity (Wildman–Crippen MR) is 76.3 cm³/mol. The minimum absolute atomic E-state index is 0.00873. The Kier molecular flexibility index (Phi) is 4.28. The first-order valence-corrected chi connectivity index (χ1v) is 6.71. The molecule has 0 aliphatic rings. The molecule has 0 aliphatic heterocycles. The van der Waals surface area contributed by atoms with Gasteiger partial charge in [0, 0.05) is 21.3 Å². The molecule has 1 aromatic carbocycles. The lowest BCUT2D eigenvalue weighted by molar-refractivity contribution is -0.274. The van der Waals surface area contributed by atoms with Crippen molar-refractivity contribution in [3.05, 3.63) is 50.3 Å². The van der Waals surface area contributed by atoms with Crippen molar-refractivity contribution in [2.24, 2.45) is 0 Å². The zero-order valence-corrected chi connectivity index (χ0v) is 12.7. The lowest BCUT2D eigenvalue weighted by Gasteiger charge is -2.15. The second kappa shape index (κ2) is 5.85. The number of hydrogen-bond donors (Lipinski definition) is 1. The normalized spacial score (nSPS) is 11.1. The summed E-state index contributed by atoms with van der Waals surface area (Å²) in [6, 6.07) is 7.10. The molecule has 4 nitrogen and oxygen atoms in total. The summed E-state index contributed by atoms with van der Waals surface area (Å²) >= 11 is 3.13. The number of rotatable bonds is 2. The Morgan fingerprint density at radius 3 is 2.64 bits per heavy atom. The summed E-state index contributed by atoms with van der Waals surface area (Å²) in [5.74, 6) is -0.497. The molecule has 0 radical (unpaired) electrons. The molecule has 1 N–H and O–H groups in total. The monoisotopic (exact) mass is 372 g/mol. The van der Waals surface area contributed by atoms with Crippen molar-refractivity contribution in [1.29, 1.82) is 5.26 Å².